The number of unbranched alkanes of at least 4 members (excludes halogenated alkanes) is 1. The molecule has 0 atom stereocenters. The van der Waals surface area contributed by atoms with Gasteiger partial charge in [-0.15, -0.1) is 0 Å². The van der Waals surface area contributed by atoms with Crippen LogP contribution in [0.5, 0.6) is 0 Å². The van der Waals surface area contributed by atoms with Crippen LogP contribution >= 0.6 is 0 Å². The van der Waals surface area contributed by atoms with Gasteiger partial charge in [0.2, 0.25) is 0 Å². The van der Waals surface area contributed by atoms with Gasteiger partial charge in [0.05, 0.1) is 6.61 Å². The average Bonchev–Trinajstić information content (AvgIpc) is 2.14. The Hall–Kier alpha value is -0.790. The summed E-state index contributed by atoms with van der Waals surface area (Å²) in [6.45, 7) is 13.1. The zero-order valence-corrected chi connectivity index (χ0v) is 11.3. The molecule has 0 heterocycles. The maximum absolute atomic E-state index is 10.9. The maximum atomic E-state index is 10.9. The Bertz CT molecular complexity index is 223. The van der Waals surface area contributed by atoms with Crippen LogP contribution in [-0.2, 0) is 9.53 Å². The van der Waals surface area contributed by atoms with Crippen LogP contribution in [0.15, 0.2) is 12.2 Å². The molecule has 0 N–H and O–H groups in total. The van der Waals surface area contributed by atoms with Gasteiger partial charge in [0.15, 0.2) is 0 Å². The van der Waals surface area contributed by atoms with Crippen molar-refractivity contribution in [3.8, 4) is 0 Å². The van der Waals surface area contributed by atoms with Gasteiger partial charge in [-0.05, 0) is 31.1 Å². The Labute approximate surface area is 100 Å². The molecule has 16 heavy (non-hydrogen) atoms. The minimum absolute atomic E-state index is 0.103. The maximum Gasteiger partial charge on any atom is 0.305 e. The lowest BCUT2D eigenvalue weighted by atomic mass is 9.87. The monoisotopic (exact) mass is 226 g/mol. The third-order valence-corrected chi connectivity index (χ3v) is 2.26. The minimum Gasteiger partial charge on any atom is -0.466 e. The molecule has 0 amide bonds. The lowest BCUT2D eigenvalue weighted by molar-refractivity contribution is -0.143. The molecule has 0 saturated carbocycles. The summed E-state index contributed by atoms with van der Waals surface area (Å²) in [6.07, 6.45) is 4.58. The highest BCUT2D eigenvalue weighted by atomic mass is 16.5. The third kappa shape index (κ3) is 9.75. The van der Waals surface area contributed by atoms with Crippen LogP contribution in [0.4, 0.5) is 0 Å². The third-order valence-electron chi connectivity index (χ3n) is 2.26. The van der Waals surface area contributed by atoms with Crippen molar-refractivity contribution in [1.82, 2.24) is 0 Å². The number of hydrogen-bond donors (Lipinski definition) is 0. The lowest BCUT2D eigenvalue weighted by Gasteiger charge is -2.19. The molecule has 0 fully saturated rings. The number of esters is 1. The minimum atomic E-state index is -0.103. The van der Waals surface area contributed by atoms with Gasteiger partial charge >= 0.3 is 5.97 Å². The molecule has 2 nitrogen and oxygen atoms in total. The van der Waals surface area contributed by atoms with E-state index in [1.165, 1.54) is 5.57 Å². The van der Waals surface area contributed by atoms with Gasteiger partial charge in [0.25, 0.3) is 0 Å². The first-order valence-corrected chi connectivity index (χ1v) is 6.17. The predicted molar refractivity (Wildman–Crippen MR) is 68.3 cm³/mol. The van der Waals surface area contributed by atoms with Crippen LogP contribution in [0.1, 0.15) is 59.8 Å². The SMILES string of the molecule is C=C(CCCCOC(=O)CC)CC(C)(C)C. The predicted octanol–water partition coefficient (Wildman–Crippen LogP) is 4.10. The highest BCUT2D eigenvalue weighted by Crippen LogP contribution is 2.25. The van der Waals surface area contributed by atoms with Gasteiger partial charge < -0.3 is 4.74 Å². The summed E-state index contributed by atoms with van der Waals surface area (Å²) in [5.41, 5.74) is 1.63. The second-order valence-corrected chi connectivity index (χ2v) is 5.52. The van der Waals surface area contributed by atoms with Gasteiger partial charge in [-0.3, -0.25) is 4.79 Å². The largest absolute Gasteiger partial charge is 0.466 e. The Kier molecular flexibility index (Phi) is 7.11. The number of ether oxygens (including phenoxy) is 1. The van der Waals surface area contributed by atoms with E-state index in [1.54, 1.807) is 0 Å². The van der Waals surface area contributed by atoms with Crippen molar-refractivity contribution in [3.05, 3.63) is 12.2 Å². The molecule has 94 valence electrons. The first-order valence-electron chi connectivity index (χ1n) is 6.17. The fraction of sp³-hybridized carbons (Fsp3) is 0.786. The van der Waals surface area contributed by atoms with E-state index in [4.69, 9.17) is 4.74 Å². The van der Waals surface area contributed by atoms with Crippen molar-refractivity contribution < 1.29 is 9.53 Å². The Morgan fingerprint density at radius 3 is 2.38 bits per heavy atom. The zero-order valence-electron chi connectivity index (χ0n) is 11.3. The summed E-state index contributed by atoms with van der Waals surface area (Å²) >= 11 is 0. The molecule has 0 saturated heterocycles. The van der Waals surface area contributed by atoms with Gasteiger partial charge in [-0.25, -0.2) is 0 Å². The fourth-order valence-electron chi connectivity index (χ4n) is 1.60. The molecular formula is C14H26O2. The van der Waals surface area contributed by atoms with Crippen molar-refractivity contribution in [1.29, 1.82) is 0 Å². The van der Waals surface area contributed by atoms with Gasteiger partial charge in [0.1, 0.15) is 0 Å². The standard InChI is InChI=1S/C14H26O2/c1-6-13(15)16-10-8-7-9-12(2)11-14(3,4)5/h2,6-11H2,1,3-5H3. The highest BCUT2D eigenvalue weighted by Gasteiger charge is 2.11. The Morgan fingerprint density at radius 1 is 1.25 bits per heavy atom. The fourth-order valence-corrected chi connectivity index (χ4v) is 1.60. The molecule has 0 aromatic heterocycles. The van der Waals surface area contributed by atoms with Crippen LogP contribution in [0.3, 0.4) is 0 Å². The Morgan fingerprint density at radius 2 is 1.88 bits per heavy atom. The van der Waals surface area contributed by atoms with Crippen molar-refractivity contribution in [2.75, 3.05) is 6.61 Å². The number of hydrogen-bond acceptors (Lipinski definition) is 2. The molecule has 0 aliphatic carbocycles. The summed E-state index contributed by atoms with van der Waals surface area (Å²) in [5, 5.41) is 0. The van der Waals surface area contributed by atoms with E-state index in [-0.39, 0.29) is 5.97 Å². The second kappa shape index (κ2) is 7.48. The van der Waals surface area contributed by atoms with Crippen molar-refractivity contribution >= 4 is 5.97 Å². The average molecular weight is 226 g/mol. The van der Waals surface area contributed by atoms with Gasteiger partial charge in [-0.2, -0.15) is 0 Å². The molecule has 0 aliphatic heterocycles. The Balaban J connectivity index is 3.45. The number of carbonyl (C=O) groups excluding carboxylic acids is 1. The second-order valence-electron chi connectivity index (χ2n) is 5.52. The van der Waals surface area contributed by atoms with Crippen LogP contribution in [0, 0.1) is 5.41 Å². The molecule has 0 bridgehead atoms. The van der Waals surface area contributed by atoms with E-state index in [0.29, 0.717) is 18.4 Å². The lowest BCUT2D eigenvalue weighted by Crippen LogP contribution is -2.06. The normalized spacial score (nSPS) is 11.2. The van der Waals surface area contributed by atoms with Crippen LogP contribution in [0.25, 0.3) is 0 Å². The molecule has 0 aromatic carbocycles. The molecule has 0 radical (unpaired) electrons. The smallest absolute Gasteiger partial charge is 0.305 e. The summed E-state index contributed by atoms with van der Waals surface area (Å²) in [5.74, 6) is -0.103. The molecule has 0 spiro atoms. The summed E-state index contributed by atoms with van der Waals surface area (Å²) in [4.78, 5) is 10.9. The number of rotatable bonds is 7. The first kappa shape index (κ1) is 15.2. The summed E-state index contributed by atoms with van der Waals surface area (Å²) in [6, 6.07) is 0. The van der Waals surface area contributed by atoms with Crippen molar-refractivity contribution in [2.45, 2.75) is 59.8 Å². The topological polar surface area (TPSA) is 26.3 Å². The van der Waals surface area contributed by atoms with E-state index < -0.39 is 0 Å². The molecule has 0 aromatic rings. The number of carbonyl (C=O) groups is 1. The van der Waals surface area contributed by atoms with Crippen LogP contribution in [0.2, 0.25) is 0 Å². The van der Waals surface area contributed by atoms with Crippen LogP contribution < -0.4 is 0 Å². The van der Waals surface area contributed by atoms with Crippen LogP contribution in [-0.4, -0.2) is 12.6 Å². The van der Waals surface area contributed by atoms with Gasteiger partial charge in [-0.1, -0.05) is 39.8 Å². The molecule has 0 aliphatic rings. The van der Waals surface area contributed by atoms with E-state index in [2.05, 4.69) is 27.4 Å². The van der Waals surface area contributed by atoms with E-state index in [9.17, 15) is 4.79 Å². The molecule has 0 unspecified atom stereocenters. The molecular weight excluding hydrogens is 200 g/mol. The van der Waals surface area contributed by atoms with Crippen molar-refractivity contribution in [2.24, 2.45) is 5.41 Å². The van der Waals surface area contributed by atoms with E-state index in [1.807, 2.05) is 6.92 Å². The molecule has 0 rings (SSSR count). The van der Waals surface area contributed by atoms with Gasteiger partial charge in [0, 0.05) is 6.42 Å². The van der Waals surface area contributed by atoms with E-state index in [0.717, 1.165) is 25.7 Å². The molecule has 2 heteroatoms. The summed E-state index contributed by atoms with van der Waals surface area (Å²) < 4.78 is 5.01. The quantitative estimate of drug-likeness (QED) is 0.371. The first-order chi connectivity index (χ1) is 7.35. The highest BCUT2D eigenvalue weighted by molar-refractivity contribution is 5.68. The zero-order chi connectivity index (χ0) is 12.6. The number of allylic oxidation sites excluding steroid dienone is 1. The summed E-state index contributed by atoms with van der Waals surface area (Å²) in [7, 11) is 0. The van der Waals surface area contributed by atoms with Crippen molar-refractivity contribution in [3.63, 3.8) is 0 Å². The van der Waals surface area contributed by atoms with E-state index >= 15 is 0 Å².